The second-order valence-corrected chi connectivity index (χ2v) is 5.18. The van der Waals surface area contributed by atoms with Crippen molar-refractivity contribution in [3.05, 3.63) is 22.7 Å². The van der Waals surface area contributed by atoms with Crippen molar-refractivity contribution in [3.63, 3.8) is 0 Å². The molecule has 1 aromatic carbocycles. The first-order valence-electron chi connectivity index (χ1n) is 6.65. The minimum atomic E-state index is -0.834. The molecule has 0 saturated carbocycles. The Morgan fingerprint density at radius 3 is 2.86 bits per heavy atom. The van der Waals surface area contributed by atoms with Gasteiger partial charge in [-0.1, -0.05) is 17.7 Å². The van der Waals surface area contributed by atoms with Crippen molar-refractivity contribution in [2.24, 2.45) is 0 Å². The number of hydrogen-bond donors (Lipinski definition) is 2. The van der Waals surface area contributed by atoms with Crippen LogP contribution in [0, 0.1) is 0 Å². The van der Waals surface area contributed by atoms with Crippen LogP contribution in [0.1, 0.15) is 5.56 Å². The summed E-state index contributed by atoms with van der Waals surface area (Å²) in [6, 6.07) is 3.06. The molecule has 1 heterocycles. The van der Waals surface area contributed by atoms with Gasteiger partial charge in [-0.25, -0.2) is 0 Å². The van der Waals surface area contributed by atoms with Crippen LogP contribution in [0.5, 0.6) is 11.5 Å². The highest BCUT2D eigenvalue weighted by atomic mass is 35.5. The maximum absolute atomic E-state index is 11.3. The summed E-state index contributed by atoms with van der Waals surface area (Å²) in [4.78, 5) is 13.2. The number of aliphatic carboxylic acids is 1. The van der Waals surface area contributed by atoms with Crippen LogP contribution < -0.4 is 14.8 Å². The molecule has 1 atom stereocenters. The summed E-state index contributed by atoms with van der Waals surface area (Å²) >= 11 is 6.34. The van der Waals surface area contributed by atoms with E-state index in [1.54, 1.807) is 13.2 Å². The molecule has 1 saturated heterocycles. The summed E-state index contributed by atoms with van der Waals surface area (Å²) in [6.45, 7) is 2.30. The topological polar surface area (TPSA) is 71.0 Å². The van der Waals surface area contributed by atoms with Crippen LogP contribution in [0.3, 0.4) is 0 Å². The number of halogens is 1. The van der Waals surface area contributed by atoms with E-state index in [0.717, 1.165) is 12.1 Å². The summed E-state index contributed by atoms with van der Waals surface area (Å²) in [5.74, 6) is 0.193. The van der Waals surface area contributed by atoms with E-state index in [2.05, 4.69) is 5.32 Å². The fourth-order valence-electron chi connectivity index (χ4n) is 2.45. The Kier molecular flexibility index (Phi) is 5.27. The van der Waals surface area contributed by atoms with E-state index >= 15 is 0 Å². The van der Waals surface area contributed by atoms with Gasteiger partial charge in [-0.3, -0.25) is 9.69 Å². The number of ether oxygens (including phenoxy) is 2. The largest absolute Gasteiger partial charge is 0.493 e. The van der Waals surface area contributed by atoms with Gasteiger partial charge in [0.15, 0.2) is 11.5 Å². The normalized spacial score (nSPS) is 19.3. The van der Waals surface area contributed by atoms with Crippen LogP contribution in [-0.4, -0.2) is 55.9 Å². The highest BCUT2D eigenvalue weighted by molar-refractivity contribution is 6.33. The summed E-state index contributed by atoms with van der Waals surface area (Å²) < 4.78 is 10.5. The fourth-order valence-corrected chi connectivity index (χ4v) is 2.74. The van der Waals surface area contributed by atoms with E-state index in [4.69, 9.17) is 21.1 Å². The van der Waals surface area contributed by atoms with E-state index in [1.807, 2.05) is 11.0 Å². The van der Waals surface area contributed by atoms with Crippen LogP contribution in [0.4, 0.5) is 0 Å². The number of carbonyl (C=O) groups is 1. The predicted molar refractivity (Wildman–Crippen MR) is 79.3 cm³/mol. The molecule has 0 bridgehead atoms. The van der Waals surface area contributed by atoms with Gasteiger partial charge in [-0.15, -0.1) is 0 Å². The minimum absolute atomic E-state index is 0.431. The Hall–Kier alpha value is -1.50. The number of methoxy groups -OCH3 is 2. The number of rotatable bonds is 5. The number of carboxylic acid groups (broad SMARTS) is 1. The molecule has 0 radical (unpaired) electrons. The first-order valence-corrected chi connectivity index (χ1v) is 7.03. The van der Waals surface area contributed by atoms with E-state index in [0.29, 0.717) is 36.2 Å². The molecule has 1 aliphatic rings. The van der Waals surface area contributed by atoms with Crippen molar-refractivity contribution in [3.8, 4) is 11.5 Å². The Morgan fingerprint density at radius 1 is 1.48 bits per heavy atom. The maximum atomic E-state index is 11.3. The van der Waals surface area contributed by atoms with E-state index < -0.39 is 12.0 Å². The molecule has 1 aromatic rings. The van der Waals surface area contributed by atoms with Gasteiger partial charge in [0.1, 0.15) is 6.04 Å². The molecule has 2 rings (SSSR count). The lowest BCUT2D eigenvalue weighted by molar-refractivity contribution is -0.144. The van der Waals surface area contributed by atoms with Crippen molar-refractivity contribution < 1.29 is 19.4 Å². The lowest BCUT2D eigenvalue weighted by Crippen LogP contribution is -2.54. The van der Waals surface area contributed by atoms with Gasteiger partial charge in [0.05, 0.1) is 19.2 Å². The van der Waals surface area contributed by atoms with Crippen molar-refractivity contribution in [2.45, 2.75) is 12.6 Å². The zero-order chi connectivity index (χ0) is 15.4. The third-order valence-electron chi connectivity index (χ3n) is 3.58. The lowest BCUT2D eigenvalue weighted by atomic mass is 10.1. The highest BCUT2D eigenvalue weighted by Crippen LogP contribution is 2.37. The number of nitrogens with one attached hydrogen (secondary N) is 1. The fraction of sp³-hybridized carbons (Fsp3) is 0.500. The quantitative estimate of drug-likeness (QED) is 0.851. The highest BCUT2D eigenvalue weighted by Gasteiger charge is 2.29. The van der Waals surface area contributed by atoms with Gasteiger partial charge in [-0.2, -0.15) is 0 Å². The van der Waals surface area contributed by atoms with Gasteiger partial charge in [0.25, 0.3) is 0 Å². The Balaban J connectivity index is 2.24. The molecular weight excluding hydrogens is 296 g/mol. The molecule has 21 heavy (non-hydrogen) atoms. The zero-order valence-electron chi connectivity index (χ0n) is 12.1. The molecule has 0 aromatic heterocycles. The molecule has 1 fully saturated rings. The number of hydrogen-bond acceptors (Lipinski definition) is 5. The van der Waals surface area contributed by atoms with E-state index in [-0.39, 0.29) is 0 Å². The van der Waals surface area contributed by atoms with Gasteiger partial charge >= 0.3 is 5.97 Å². The van der Waals surface area contributed by atoms with Crippen LogP contribution in [0.15, 0.2) is 12.1 Å². The van der Waals surface area contributed by atoms with Crippen LogP contribution in [-0.2, 0) is 11.3 Å². The minimum Gasteiger partial charge on any atom is -0.493 e. The average molecular weight is 315 g/mol. The molecule has 116 valence electrons. The smallest absolute Gasteiger partial charge is 0.322 e. The molecule has 0 aliphatic carbocycles. The van der Waals surface area contributed by atoms with Crippen LogP contribution in [0.25, 0.3) is 0 Å². The third-order valence-corrected chi connectivity index (χ3v) is 3.99. The first-order chi connectivity index (χ1) is 10.1. The number of benzene rings is 1. The summed E-state index contributed by atoms with van der Waals surface area (Å²) in [6.07, 6.45) is 0. The molecule has 1 unspecified atom stereocenters. The summed E-state index contributed by atoms with van der Waals surface area (Å²) in [5, 5.41) is 12.8. The average Bonchev–Trinajstić information content (AvgIpc) is 2.49. The van der Waals surface area contributed by atoms with Crippen molar-refractivity contribution in [1.82, 2.24) is 10.2 Å². The Bertz CT molecular complexity index is 524. The Labute approximate surface area is 128 Å². The van der Waals surface area contributed by atoms with E-state index in [1.165, 1.54) is 7.11 Å². The zero-order valence-corrected chi connectivity index (χ0v) is 12.8. The van der Waals surface area contributed by atoms with E-state index in [9.17, 15) is 9.90 Å². The molecular formula is C14H19ClN2O4. The maximum Gasteiger partial charge on any atom is 0.322 e. The van der Waals surface area contributed by atoms with Crippen LogP contribution >= 0.6 is 11.6 Å². The molecule has 1 aliphatic heterocycles. The molecule has 6 nitrogen and oxygen atoms in total. The monoisotopic (exact) mass is 314 g/mol. The van der Waals surface area contributed by atoms with Crippen molar-refractivity contribution in [2.75, 3.05) is 33.9 Å². The van der Waals surface area contributed by atoms with Crippen LogP contribution in [0.2, 0.25) is 5.02 Å². The number of carboxylic acids is 1. The summed E-state index contributed by atoms with van der Waals surface area (Å²) in [7, 11) is 3.07. The lowest BCUT2D eigenvalue weighted by Gasteiger charge is -2.33. The van der Waals surface area contributed by atoms with Crippen molar-refractivity contribution in [1.29, 1.82) is 0 Å². The second-order valence-electron chi connectivity index (χ2n) is 4.80. The third kappa shape index (κ3) is 3.40. The SMILES string of the molecule is COc1ccc(CN2CCNCC2C(=O)O)c(Cl)c1OC. The number of piperazine rings is 1. The second kappa shape index (κ2) is 6.98. The van der Waals surface area contributed by atoms with Crippen molar-refractivity contribution >= 4 is 17.6 Å². The standard InChI is InChI=1S/C14H19ClN2O4/c1-20-11-4-3-9(12(15)13(11)21-2)8-17-6-5-16-7-10(17)14(18)19/h3-4,10,16H,5-8H2,1-2H3,(H,18,19). The summed E-state index contributed by atoms with van der Waals surface area (Å²) in [5.41, 5.74) is 0.822. The Morgan fingerprint density at radius 2 is 2.24 bits per heavy atom. The molecule has 0 amide bonds. The molecule has 2 N–H and O–H groups in total. The predicted octanol–water partition coefficient (Wildman–Crippen LogP) is 1.22. The molecule has 7 heteroatoms. The van der Waals surface area contributed by atoms with Gasteiger partial charge in [0, 0.05) is 26.2 Å². The van der Waals surface area contributed by atoms with Gasteiger partial charge < -0.3 is 19.9 Å². The first kappa shape index (κ1) is 15.9. The molecule has 0 spiro atoms. The van der Waals surface area contributed by atoms with Gasteiger partial charge in [-0.05, 0) is 11.6 Å². The number of nitrogens with zero attached hydrogens (tertiary/aromatic N) is 1. The van der Waals surface area contributed by atoms with Gasteiger partial charge in [0.2, 0.25) is 0 Å².